The van der Waals surface area contributed by atoms with Gasteiger partial charge in [-0.2, -0.15) is 0 Å². The number of thiazole rings is 1. The van der Waals surface area contributed by atoms with Crippen molar-refractivity contribution in [1.29, 1.82) is 0 Å². The van der Waals surface area contributed by atoms with Crippen LogP contribution in [0.3, 0.4) is 0 Å². The first-order chi connectivity index (χ1) is 10.5. The van der Waals surface area contributed by atoms with E-state index in [0.29, 0.717) is 0 Å². The molecule has 2 heterocycles. The third-order valence-electron chi connectivity index (χ3n) is 4.39. The standard InChI is InChI=1S/C18H17FN2S/c1-18(2)9-20-14-8-12(7-11-3-5-13(19)6-4-11)16-17(15(14)18)22-10-21-16/h3-6,8,10,20H,7,9H2,1-2H3. The molecular formula is C18H17FN2S. The Labute approximate surface area is 133 Å². The summed E-state index contributed by atoms with van der Waals surface area (Å²) >= 11 is 1.71. The smallest absolute Gasteiger partial charge is 0.123 e. The fourth-order valence-electron chi connectivity index (χ4n) is 3.26. The average Bonchev–Trinajstić information content (AvgIpc) is 3.06. The molecule has 4 rings (SSSR count). The maximum Gasteiger partial charge on any atom is 0.123 e. The Hall–Kier alpha value is -1.94. The molecule has 0 saturated heterocycles. The summed E-state index contributed by atoms with van der Waals surface area (Å²) in [5.74, 6) is -0.195. The van der Waals surface area contributed by atoms with Gasteiger partial charge in [0, 0.05) is 23.2 Å². The topological polar surface area (TPSA) is 24.9 Å². The van der Waals surface area contributed by atoms with Crippen molar-refractivity contribution in [1.82, 2.24) is 4.98 Å². The lowest BCUT2D eigenvalue weighted by atomic mass is 9.85. The summed E-state index contributed by atoms with van der Waals surface area (Å²) in [5, 5.41) is 3.53. The zero-order chi connectivity index (χ0) is 15.3. The first kappa shape index (κ1) is 13.7. The van der Waals surface area contributed by atoms with Crippen LogP contribution in [0.1, 0.15) is 30.5 Å². The Balaban J connectivity index is 1.85. The minimum atomic E-state index is -0.195. The fourth-order valence-corrected chi connectivity index (χ4v) is 4.33. The third-order valence-corrected chi connectivity index (χ3v) is 5.24. The maximum absolute atomic E-state index is 13.1. The van der Waals surface area contributed by atoms with Gasteiger partial charge in [0.15, 0.2) is 0 Å². The molecule has 0 unspecified atom stereocenters. The van der Waals surface area contributed by atoms with Gasteiger partial charge < -0.3 is 5.32 Å². The highest BCUT2D eigenvalue weighted by atomic mass is 32.1. The van der Waals surface area contributed by atoms with Crippen molar-refractivity contribution >= 4 is 27.2 Å². The van der Waals surface area contributed by atoms with Gasteiger partial charge in [0.2, 0.25) is 0 Å². The zero-order valence-electron chi connectivity index (χ0n) is 12.6. The van der Waals surface area contributed by atoms with Gasteiger partial charge >= 0.3 is 0 Å². The number of nitrogens with one attached hydrogen (secondary N) is 1. The van der Waals surface area contributed by atoms with Crippen LogP contribution >= 0.6 is 11.3 Å². The Morgan fingerprint density at radius 2 is 2.05 bits per heavy atom. The van der Waals surface area contributed by atoms with Crippen LogP contribution in [0.15, 0.2) is 35.8 Å². The molecule has 2 aromatic carbocycles. The molecule has 1 aliphatic heterocycles. The number of hydrogen-bond donors (Lipinski definition) is 1. The van der Waals surface area contributed by atoms with Gasteiger partial charge in [-0.25, -0.2) is 9.37 Å². The Morgan fingerprint density at radius 3 is 2.82 bits per heavy atom. The Kier molecular flexibility index (Phi) is 2.98. The molecule has 3 aromatic rings. The van der Waals surface area contributed by atoms with Crippen LogP contribution < -0.4 is 5.32 Å². The van der Waals surface area contributed by atoms with Gasteiger partial charge in [-0.1, -0.05) is 26.0 Å². The predicted octanol–water partition coefficient (Wildman–Crippen LogP) is 4.73. The molecule has 0 atom stereocenters. The zero-order valence-corrected chi connectivity index (χ0v) is 13.4. The highest BCUT2D eigenvalue weighted by Gasteiger charge is 2.33. The largest absolute Gasteiger partial charge is 0.384 e. The van der Waals surface area contributed by atoms with Crippen molar-refractivity contribution in [3.63, 3.8) is 0 Å². The quantitative estimate of drug-likeness (QED) is 0.740. The maximum atomic E-state index is 13.1. The Bertz CT molecular complexity index is 849. The van der Waals surface area contributed by atoms with Crippen LogP contribution in [0, 0.1) is 5.82 Å². The van der Waals surface area contributed by atoms with E-state index in [1.807, 2.05) is 17.6 Å². The normalized spacial score (nSPS) is 15.8. The summed E-state index contributed by atoms with van der Waals surface area (Å²) < 4.78 is 14.4. The van der Waals surface area contributed by atoms with E-state index in [2.05, 4.69) is 30.2 Å². The Morgan fingerprint density at radius 1 is 1.27 bits per heavy atom. The van der Waals surface area contributed by atoms with Gasteiger partial charge in [-0.05, 0) is 35.7 Å². The average molecular weight is 312 g/mol. The van der Waals surface area contributed by atoms with Crippen LogP contribution in [-0.2, 0) is 11.8 Å². The lowest BCUT2D eigenvalue weighted by molar-refractivity contribution is 0.591. The second-order valence-electron chi connectivity index (χ2n) is 6.53. The van der Waals surface area contributed by atoms with Gasteiger partial charge in [0.1, 0.15) is 5.82 Å². The lowest BCUT2D eigenvalue weighted by Crippen LogP contribution is -2.19. The summed E-state index contributed by atoms with van der Waals surface area (Å²) in [5.41, 5.74) is 8.05. The van der Waals surface area contributed by atoms with Crippen molar-refractivity contribution < 1.29 is 4.39 Å². The SMILES string of the molecule is CC1(C)CNc2cc(Cc3ccc(F)cc3)c3ncsc3c21. The number of aromatic nitrogens is 1. The summed E-state index contributed by atoms with van der Waals surface area (Å²) in [6, 6.07) is 8.94. The first-order valence-corrected chi connectivity index (χ1v) is 8.30. The number of fused-ring (bicyclic) bond motifs is 3. The molecule has 0 aliphatic carbocycles. The van der Waals surface area contributed by atoms with E-state index >= 15 is 0 Å². The number of anilines is 1. The van der Waals surface area contributed by atoms with Gasteiger partial charge in [-0.3, -0.25) is 0 Å². The van der Waals surface area contributed by atoms with Crippen molar-refractivity contribution in [3.8, 4) is 0 Å². The fraction of sp³-hybridized carbons (Fsp3) is 0.278. The molecule has 1 aromatic heterocycles. The number of rotatable bonds is 2. The molecular weight excluding hydrogens is 295 g/mol. The predicted molar refractivity (Wildman–Crippen MR) is 90.3 cm³/mol. The molecule has 0 radical (unpaired) electrons. The van der Waals surface area contributed by atoms with Crippen molar-refractivity contribution in [3.05, 3.63) is 58.3 Å². The highest BCUT2D eigenvalue weighted by molar-refractivity contribution is 7.17. The van der Waals surface area contributed by atoms with Gasteiger partial charge in [0.25, 0.3) is 0 Å². The molecule has 1 N–H and O–H groups in total. The summed E-state index contributed by atoms with van der Waals surface area (Å²) in [4.78, 5) is 4.59. The summed E-state index contributed by atoms with van der Waals surface area (Å²) in [6.07, 6.45) is 0.774. The molecule has 0 amide bonds. The monoisotopic (exact) mass is 312 g/mol. The van der Waals surface area contributed by atoms with Crippen LogP contribution in [0.4, 0.5) is 10.1 Å². The summed E-state index contributed by atoms with van der Waals surface area (Å²) in [7, 11) is 0. The molecule has 0 spiro atoms. The second kappa shape index (κ2) is 4.78. The van der Waals surface area contributed by atoms with Crippen LogP contribution in [0.25, 0.3) is 10.2 Å². The van der Waals surface area contributed by atoms with Gasteiger partial charge in [0.05, 0.1) is 15.7 Å². The molecule has 4 heteroatoms. The second-order valence-corrected chi connectivity index (χ2v) is 7.38. The molecule has 0 fully saturated rings. The minimum Gasteiger partial charge on any atom is -0.384 e. The molecule has 0 bridgehead atoms. The van der Waals surface area contributed by atoms with Crippen molar-refractivity contribution in [2.24, 2.45) is 0 Å². The van der Waals surface area contributed by atoms with E-state index in [0.717, 1.165) is 24.0 Å². The minimum absolute atomic E-state index is 0.133. The van der Waals surface area contributed by atoms with E-state index in [9.17, 15) is 4.39 Å². The van der Waals surface area contributed by atoms with Crippen LogP contribution in [-0.4, -0.2) is 11.5 Å². The first-order valence-electron chi connectivity index (χ1n) is 7.42. The molecule has 1 aliphatic rings. The van der Waals surface area contributed by atoms with Crippen molar-refractivity contribution in [2.45, 2.75) is 25.7 Å². The molecule has 2 nitrogen and oxygen atoms in total. The van der Waals surface area contributed by atoms with E-state index in [1.165, 1.54) is 33.6 Å². The van der Waals surface area contributed by atoms with Crippen LogP contribution in [0.5, 0.6) is 0 Å². The van der Waals surface area contributed by atoms with E-state index < -0.39 is 0 Å². The number of halogens is 1. The van der Waals surface area contributed by atoms with Crippen LogP contribution in [0.2, 0.25) is 0 Å². The van der Waals surface area contributed by atoms with E-state index in [4.69, 9.17) is 0 Å². The van der Waals surface area contributed by atoms with E-state index in [1.54, 1.807) is 11.3 Å². The number of nitrogens with zero attached hydrogens (tertiary/aromatic N) is 1. The summed E-state index contributed by atoms with van der Waals surface area (Å²) in [6.45, 7) is 5.49. The number of benzene rings is 2. The molecule has 112 valence electrons. The molecule has 22 heavy (non-hydrogen) atoms. The highest BCUT2D eigenvalue weighted by Crippen LogP contribution is 2.44. The molecule has 0 saturated carbocycles. The van der Waals surface area contributed by atoms with Crippen molar-refractivity contribution in [2.75, 3.05) is 11.9 Å². The van der Waals surface area contributed by atoms with E-state index in [-0.39, 0.29) is 11.2 Å². The number of hydrogen-bond acceptors (Lipinski definition) is 3. The van der Waals surface area contributed by atoms with Gasteiger partial charge in [-0.15, -0.1) is 11.3 Å². The third kappa shape index (κ3) is 2.10. The lowest BCUT2D eigenvalue weighted by Gasteiger charge is -2.18.